The predicted octanol–water partition coefficient (Wildman–Crippen LogP) is 4.84. The number of aliphatic hydroxyl groups excluding tert-OH is 1. The summed E-state index contributed by atoms with van der Waals surface area (Å²) in [6.07, 6.45) is 7.58. The van der Waals surface area contributed by atoms with E-state index in [4.69, 9.17) is 5.11 Å². The average Bonchev–Trinajstić information content (AvgIpc) is 3.18. The molecular weight excluding hydrogens is 436 g/mol. The van der Waals surface area contributed by atoms with Crippen molar-refractivity contribution < 1.29 is 15.0 Å². The minimum atomic E-state index is -0.773. The Labute approximate surface area is 210 Å². The van der Waals surface area contributed by atoms with Crippen LogP contribution in [0.4, 0.5) is 0 Å². The van der Waals surface area contributed by atoms with Crippen molar-refractivity contribution in [3.8, 4) is 0 Å². The van der Waals surface area contributed by atoms with Crippen molar-refractivity contribution in [1.82, 2.24) is 10.2 Å². The van der Waals surface area contributed by atoms with E-state index in [0.29, 0.717) is 25.4 Å². The summed E-state index contributed by atoms with van der Waals surface area (Å²) in [6, 6.07) is 15.1. The van der Waals surface area contributed by atoms with Gasteiger partial charge in [-0.05, 0) is 87.2 Å². The van der Waals surface area contributed by atoms with Gasteiger partial charge in [0.25, 0.3) is 0 Å². The maximum atomic E-state index is 10.7. The molecule has 1 atom stereocenters. The molecule has 1 aliphatic rings. The lowest BCUT2D eigenvalue weighted by Crippen LogP contribution is -2.47. The van der Waals surface area contributed by atoms with Gasteiger partial charge in [-0.3, -0.25) is 9.69 Å². The van der Waals surface area contributed by atoms with E-state index in [1.165, 1.54) is 22.3 Å². The number of likely N-dealkylation sites (N-methyl/N-ethyl adjacent to an activating group) is 1. The summed E-state index contributed by atoms with van der Waals surface area (Å²) < 4.78 is 0. The molecule has 0 aromatic heterocycles. The first-order valence-electron chi connectivity index (χ1n) is 12.8. The highest BCUT2D eigenvalue weighted by molar-refractivity contribution is 5.67. The molecule has 190 valence electrons. The highest BCUT2D eigenvalue weighted by atomic mass is 16.4. The first kappa shape index (κ1) is 27.1. The predicted molar refractivity (Wildman–Crippen MR) is 143 cm³/mol. The number of aryl methyl sites for hydroxylation is 1. The number of carbonyl (C=O) groups is 1. The molecule has 0 fully saturated rings. The lowest BCUT2D eigenvalue weighted by atomic mass is 9.88. The van der Waals surface area contributed by atoms with Gasteiger partial charge in [0.05, 0.1) is 6.10 Å². The van der Waals surface area contributed by atoms with E-state index in [1.54, 1.807) is 0 Å². The number of nitrogens with zero attached hydrogens (tertiary/aromatic N) is 1. The second kappa shape index (κ2) is 12.5. The van der Waals surface area contributed by atoms with Gasteiger partial charge in [-0.25, -0.2) is 0 Å². The SMILES string of the molecule is Cc1cc(CN(C)C[C@H](O)CNC(C)(C)CC2Cc3ccccc3C2)ccc1/C=C/CCC(=O)O. The van der Waals surface area contributed by atoms with Gasteiger partial charge in [0.2, 0.25) is 0 Å². The highest BCUT2D eigenvalue weighted by Crippen LogP contribution is 2.31. The second-order valence-electron chi connectivity index (χ2n) is 10.9. The zero-order valence-corrected chi connectivity index (χ0v) is 21.8. The van der Waals surface area contributed by atoms with E-state index in [9.17, 15) is 9.90 Å². The molecule has 0 saturated heterocycles. The van der Waals surface area contributed by atoms with E-state index < -0.39 is 12.1 Å². The van der Waals surface area contributed by atoms with Crippen molar-refractivity contribution >= 4 is 12.0 Å². The van der Waals surface area contributed by atoms with E-state index in [2.05, 4.69) is 73.5 Å². The number of fused-ring (bicyclic) bond motifs is 1. The van der Waals surface area contributed by atoms with Crippen LogP contribution in [0.1, 0.15) is 60.9 Å². The number of benzene rings is 2. The van der Waals surface area contributed by atoms with Crippen LogP contribution in [-0.2, 0) is 24.2 Å². The number of hydrogen-bond acceptors (Lipinski definition) is 4. The van der Waals surface area contributed by atoms with Crippen LogP contribution < -0.4 is 5.32 Å². The molecule has 35 heavy (non-hydrogen) atoms. The summed E-state index contributed by atoms with van der Waals surface area (Å²) >= 11 is 0. The van der Waals surface area contributed by atoms with Crippen molar-refractivity contribution in [1.29, 1.82) is 0 Å². The Bertz CT molecular complexity index is 989. The van der Waals surface area contributed by atoms with Gasteiger partial charge in [-0.1, -0.05) is 54.6 Å². The van der Waals surface area contributed by atoms with Crippen LogP contribution in [0.3, 0.4) is 0 Å². The Hall–Kier alpha value is -2.47. The number of aliphatic hydroxyl groups is 1. The molecule has 2 aromatic rings. The molecule has 2 aromatic carbocycles. The van der Waals surface area contributed by atoms with Crippen molar-refractivity contribution in [2.45, 2.75) is 71.1 Å². The Morgan fingerprint density at radius 3 is 2.51 bits per heavy atom. The van der Waals surface area contributed by atoms with Crippen LogP contribution in [-0.4, -0.2) is 52.9 Å². The van der Waals surface area contributed by atoms with Crippen molar-refractivity contribution in [3.05, 3.63) is 76.4 Å². The zero-order valence-electron chi connectivity index (χ0n) is 21.8. The number of rotatable bonds is 13. The normalized spacial score (nSPS) is 15.1. The molecule has 5 heteroatoms. The number of hydrogen-bond donors (Lipinski definition) is 3. The van der Waals surface area contributed by atoms with E-state index in [-0.39, 0.29) is 12.0 Å². The molecule has 0 heterocycles. The third-order valence-corrected chi connectivity index (χ3v) is 6.88. The number of nitrogens with one attached hydrogen (secondary N) is 1. The lowest BCUT2D eigenvalue weighted by molar-refractivity contribution is -0.136. The van der Waals surface area contributed by atoms with Gasteiger partial charge >= 0.3 is 5.97 Å². The molecule has 5 nitrogen and oxygen atoms in total. The van der Waals surface area contributed by atoms with Gasteiger partial charge in [-0.2, -0.15) is 0 Å². The average molecular weight is 479 g/mol. The van der Waals surface area contributed by atoms with Crippen molar-refractivity contribution in [3.63, 3.8) is 0 Å². The summed E-state index contributed by atoms with van der Waals surface area (Å²) in [5.41, 5.74) is 6.45. The lowest BCUT2D eigenvalue weighted by Gasteiger charge is -2.31. The number of aliphatic carboxylic acids is 1. The molecule has 0 radical (unpaired) electrons. The van der Waals surface area contributed by atoms with Crippen LogP contribution in [0.5, 0.6) is 0 Å². The quantitative estimate of drug-likeness (QED) is 0.384. The van der Waals surface area contributed by atoms with Gasteiger partial charge in [0.15, 0.2) is 0 Å². The summed E-state index contributed by atoms with van der Waals surface area (Å²) in [4.78, 5) is 12.8. The fourth-order valence-electron chi connectivity index (χ4n) is 5.22. The zero-order chi connectivity index (χ0) is 25.4. The number of β-amino-alcohol motifs (C(OH)–C–C–N with tert-alkyl or cyclic N) is 1. The molecule has 0 spiro atoms. The maximum absolute atomic E-state index is 10.7. The largest absolute Gasteiger partial charge is 0.481 e. The molecule has 0 bridgehead atoms. The Morgan fingerprint density at radius 2 is 1.89 bits per heavy atom. The van der Waals surface area contributed by atoms with E-state index in [1.807, 2.05) is 19.2 Å². The summed E-state index contributed by atoms with van der Waals surface area (Å²) in [6.45, 7) is 8.51. The second-order valence-corrected chi connectivity index (χ2v) is 10.9. The Morgan fingerprint density at radius 1 is 1.20 bits per heavy atom. The van der Waals surface area contributed by atoms with Crippen LogP contribution >= 0.6 is 0 Å². The number of carboxylic acid groups (broad SMARTS) is 1. The first-order chi connectivity index (χ1) is 16.6. The highest BCUT2D eigenvalue weighted by Gasteiger charge is 2.28. The van der Waals surface area contributed by atoms with E-state index >= 15 is 0 Å². The van der Waals surface area contributed by atoms with Gasteiger partial charge < -0.3 is 15.5 Å². The van der Waals surface area contributed by atoms with Crippen LogP contribution in [0.2, 0.25) is 0 Å². The molecule has 3 rings (SSSR count). The standard InChI is InChI=1S/C30H42N2O3/c1-22-15-23(13-14-25(22)9-7-8-12-29(34)35)20-32(4)21-28(33)19-31-30(2,3)18-24-16-26-10-5-6-11-27(26)17-24/h5-7,9-11,13-15,24,28,31,33H,8,12,16-21H2,1-4H3,(H,34,35)/b9-7+/t28-/m1/s1. The molecule has 0 amide bonds. The summed E-state index contributed by atoms with van der Waals surface area (Å²) in [7, 11) is 2.04. The third kappa shape index (κ3) is 8.92. The molecule has 1 aliphatic carbocycles. The fraction of sp³-hybridized carbons (Fsp3) is 0.500. The number of carboxylic acids is 1. The fourth-order valence-corrected chi connectivity index (χ4v) is 5.22. The molecule has 0 saturated carbocycles. The molecule has 0 aliphatic heterocycles. The van der Waals surface area contributed by atoms with Crippen molar-refractivity contribution in [2.24, 2.45) is 5.92 Å². The van der Waals surface area contributed by atoms with Gasteiger partial charge in [0, 0.05) is 31.6 Å². The van der Waals surface area contributed by atoms with Gasteiger partial charge in [0.1, 0.15) is 0 Å². The molecule has 0 unspecified atom stereocenters. The van der Waals surface area contributed by atoms with Crippen LogP contribution in [0.25, 0.3) is 6.08 Å². The smallest absolute Gasteiger partial charge is 0.303 e. The summed E-state index contributed by atoms with van der Waals surface area (Å²) in [5, 5.41) is 23.0. The van der Waals surface area contributed by atoms with Crippen molar-refractivity contribution in [2.75, 3.05) is 20.1 Å². The monoisotopic (exact) mass is 478 g/mol. The minimum Gasteiger partial charge on any atom is -0.481 e. The van der Waals surface area contributed by atoms with E-state index in [0.717, 1.165) is 31.4 Å². The van der Waals surface area contributed by atoms with Crippen LogP contribution in [0, 0.1) is 12.8 Å². The Kier molecular flexibility index (Phi) is 9.67. The maximum Gasteiger partial charge on any atom is 0.303 e. The Balaban J connectivity index is 1.41. The summed E-state index contributed by atoms with van der Waals surface area (Å²) in [5.74, 6) is -0.113. The minimum absolute atomic E-state index is 0.0167. The topological polar surface area (TPSA) is 72.8 Å². The van der Waals surface area contributed by atoms with Gasteiger partial charge in [-0.15, -0.1) is 0 Å². The number of allylic oxidation sites excluding steroid dienone is 1. The third-order valence-electron chi connectivity index (χ3n) is 6.88. The van der Waals surface area contributed by atoms with Crippen LogP contribution in [0.15, 0.2) is 48.5 Å². The molecular formula is C30H42N2O3. The molecule has 3 N–H and O–H groups in total. The first-order valence-corrected chi connectivity index (χ1v) is 12.8.